The standard InChI is InChI=1S/C9H9BrO2.C9H10O2.CH3F.BHNS/c1-5-3-7(10)4-8(6(2)11)9(5)12;1-6-4-3-5-8(7(2)10)9(6)11;1-2;1-2-3/h3-4,12H,1-2H3;3-5,11H,1-2H3;1H3;3H/i;;1D;. The molecule has 0 aliphatic heterocycles. The summed E-state index contributed by atoms with van der Waals surface area (Å²) in [6.07, 6.45) is 0. The van der Waals surface area contributed by atoms with Crippen LogP contribution in [-0.2, 0) is 0 Å². The van der Waals surface area contributed by atoms with Gasteiger partial charge in [0.05, 0.1) is 19.7 Å². The molecule has 0 atom stereocenters. The number of aromatic hydroxyl groups is 2. The third kappa shape index (κ3) is 9.80. The van der Waals surface area contributed by atoms with Crippen LogP contribution >= 0.6 is 28.7 Å². The molecule has 28 heavy (non-hydrogen) atoms. The van der Waals surface area contributed by atoms with Crippen molar-refractivity contribution in [2.75, 3.05) is 7.15 Å². The number of carbonyl (C=O) groups is 2. The summed E-state index contributed by atoms with van der Waals surface area (Å²) >= 11 is 6.44. The molecule has 2 N–H and O–H groups in total. The van der Waals surface area contributed by atoms with Crippen LogP contribution in [0.4, 0.5) is 4.39 Å². The number of rotatable bonds is 2. The second-order valence-corrected chi connectivity index (χ2v) is 6.46. The molecule has 2 aromatic carbocycles. The SMILES string of the molecule is CC(=O)c1cc(Br)cc(C)c1O.CC(=O)c1cccc(C)c1O.[2H]CF.[B]=NS. The predicted molar refractivity (Wildman–Crippen MR) is 118 cm³/mol. The van der Waals surface area contributed by atoms with Gasteiger partial charge in [0.15, 0.2) is 11.6 Å². The summed E-state index contributed by atoms with van der Waals surface area (Å²) in [4.78, 5) is 21.8. The fourth-order valence-electron chi connectivity index (χ4n) is 1.95. The van der Waals surface area contributed by atoms with Gasteiger partial charge in [0.25, 0.3) is 0 Å². The topological polar surface area (TPSA) is 87.0 Å². The van der Waals surface area contributed by atoms with Crippen LogP contribution < -0.4 is 0 Å². The molecule has 151 valence electrons. The Balaban J connectivity index is 0. The van der Waals surface area contributed by atoms with E-state index in [-0.39, 0.29) is 23.1 Å². The number of phenols is 2. The van der Waals surface area contributed by atoms with Crippen molar-refractivity contribution < 1.29 is 25.6 Å². The van der Waals surface area contributed by atoms with E-state index in [0.29, 0.717) is 16.7 Å². The normalized spacial score (nSPS) is 9.14. The number of ketones is 2. The Hall–Kier alpha value is -2.00. The number of nitrogens with zero attached hydrogens (tertiary/aromatic N) is 1. The predicted octanol–water partition coefficient (Wildman–Crippen LogP) is 5.34. The van der Waals surface area contributed by atoms with Gasteiger partial charge in [0.1, 0.15) is 11.5 Å². The Morgan fingerprint density at radius 3 is 1.93 bits per heavy atom. The molecule has 0 fully saturated rings. The minimum atomic E-state index is -1.00. The number of thiol groups is 1. The molecule has 0 aliphatic carbocycles. The van der Waals surface area contributed by atoms with Crippen molar-refractivity contribution in [2.24, 2.45) is 4.30 Å². The van der Waals surface area contributed by atoms with Crippen molar-refractivity contribution in [1.29, 1.82) is 0 Å². The number of carbonyl (C=O) groups excluding carboxylic acids is 2. The maximum atomic E-state index is 11.0. The third-order valence-electron chi connectivity index (χ3n) is 3.26. The Morgan fingerprint density at radius 1 is 1.11 bits per heavy atom. The molecule has 0 heterocycles. The number of hydrogen-bond donors (Lipinski definition) is 3. The fraction of sp³-hybridized carbons (Fsp3) is 0.263. The first kappa shape index (κ1) is 26.0. The molecule has 0 amide bonds. The summed E-state index contributed by atoms with van der Waals surface area (Å²) in [5, 5.41) is 18.8. The first-order valence-corrected chi connectivity index (χ1v) is 8.86. The van der Waals surface area contributed by atoms with Crippen molar-refractivity contribution >= 4 is 47.9 Å². The van der Waals surface area contributed by atoms with Gasteiger partial charge in [0.2, 0.25) is 0 Å². The van der Waals surface area contributed by atoms with Gasteiger partial charge >= 0.3 is 24.8 Å². The summed E-state index contributed by atoms with van der Waals surface area (Å²) in [5.41, 5.74) is 2.19. The number of halogens is 2. The molecule has 0 aliphatic rings. The maximum absolute atomic E-state index is 11.0. The van der Waals surface area contributed by atoms with E-state index in [0.717, 1.165) is 10.0 Å². The summed E-state index contributed by atoms with van der Waals surface area (Å²) in [7, 11) is 3.34. The fourth-order valence-corrected chi connectivity index (χ4v) is 2.52. The molecule has 1 radical (unpaired) electrons. The molecule has 5 nitrogen and oxygen atoms in total. The molecule has 0 unspecified atom stereocenters. The Labute approximate surface area is 181 Å². The van der Waals surface area contributed by atoms with E-state index in [1.165, 1.54) is 13.8 Å². The van der Waals surface area contributed by atoms with Crippen molar-refractivity contribution in [3.8, 4) is 11.5 Å². The number of phenolic OH excluding ortho intramolecular Hbond substituents is 2. The van der Waals surface area contributed by atoms with Gasteiger partial charge in [-0.25, -0.2) is 0 Å². The Morgan fingerprint density at radius 2 is 1.54 bits per heavy atom. The molecular formula is C19H23BBrFNO4S. The quantitative estimate of drug-likeness (QED) is 0.313. The van der Waals surface area contributed by atoms with Crippen LogP contribution in [0, 0.1) is 13.8 Å². The van der Waals surface area contributed by atoms with E-state index in [2.05, 4.69) is 40.7 Å². The van der Waals surface area contributed by atoms with E-state index in [4.69, 9.17) is 1.37 Å². The van der Waals surface area contributed by atoms with E-state index < -0.39 is 7.15 Å². The van der Waals surface area contributed by atoms with Crippen LogP contribution in [0.2, 0.25) is 0 Å². The monoisotopic (exact) mass is 471 g/mol. The zero-order valence-corrected chi connectivity index (χ0v) is 18.5. The third-order valence-corrected chi connectivity index (χ3v) is 3.72. The van der Waals surface area contributed by atoms with E-state index in [9.17, 15) is 24.2 Å². The number of aryl methyl sites for hydroxylation is 2. The van der Waals surface area contributed by atoms with E-state index in [1.807, 2.05) is 0 Å². The molecule has 0 saturated heterocycles. The zero-order valence-electron chi connectivity index (χ0n) is 17.0. The van der Waals surface area contributed by atoms with E-state index in [1.54, 1.807) is 44.2 Å². The number of benzene rings is 2. The van der Waals surface area contributed by atoms with Crippen molar-refractivity contribution in [1.82, 2.24) is 0 Å². The van der Waals surface area contributed by atoms with Crippen molar-refractivity contribution in [2.45, 2.75) is 27.7 Å². The second kappa shape index (κ2) is 15.0. The molecule has 0 aromatic heterocycles. The molecule has 2 rings (SSSR count). The van der Waals surface area contributed by atoms with Crippen LogP contribution in [0.15, 0.2) is 39.1 Å². The molecule has 0 saturated carbocycles. The van der Waals surface area contributed by atoms with Gasteiger partial charge < -0.3 is 10.2 Å². The van der Waals surface area contributed by atoms with Crippen LogP contribution in [0.5, 0.6) is 11.5 Å². The average molecular weight is 472 g/mol. The molecule has 2 aromatic rings. The zero-order chi connectivity index (χ0) is 23.1. The summed E-state index contributed by atoms with van der Waals surface area (Å²) < 4.78 is 19.0. The molecule has 9 heteroatoms. The van der Waals surface area contributed by atoms with Gasteiger partial charge in [-0.05, 0) is 57.0 Å². The number of para-hydroxylation sites is 1. The van der Waals surface area contributed by atoms with Crippen LogP contribution in [0.3, 0.4) is 0 Å². The van der Waals surface area contributed by atoms with Crippen molar-refractivity contribution in [3.05, 3.63) is 57.1 Å². The average Bonchev–Trinajstić information content (AvgIpc) is 2.62. The van der Waals surface area contributed by atoms with Crippen molar-refractivity contribution in [3.63, 3.8) is 0 Å². The van der Waals surface area contributed by atoms with Crippen LogP contribution in [0.25, 0.3) is 0 Å². The van der Waals surface area contributed by atoms with Gasteiger partial charge in [-0.15, -0.1) is 0 Å². The van der Waals surface area contributed by atoms with Crippen LogP contribution in [-0.4, -0.2) is 36.6 Å². The number of Topliss-reactive ketones (excluding diaryl/α,β-unsaturated/α-hetero) is 2. The van der Waals surface area contributed by atoms with E-state index >= 15 is 0 Å². The second-order valence-electron chi connectivity index (χ2n) is 5.32. The molecule has 0 bridgehead atoms. The van der Waals surface area contributed by atoms with Gasteiger partial charge in [-0.1, -0.05) is 28.1 Å². The first-order valence-electron chi connectivity index (χ1n) is 8.38. The van der Waals surface area contributed by atoms with Crippen LogP contribution in [0.1, 0.15) is 47.1 Å². The summed E-state index contributed by atoms with van der Waals surface area (Å²) in [6, 6.07) is 8.52. The first-order chi connectivity index (χ1) is 13.5. The number of alkyl halides is 1. The number of hydrogen-bond acceptors (Lipinski definition) is 6. The molecule has 0 spiro atoms. The summed E-state index contributed by atoms with van der Waals surface area (Å²) in [5.74, 6) is -0.0613. The Kier molecular flexibility index (Phi) is 13.9. The van der Waals surface area contributed by atoms with Gasteiger partial charge in [0, 0.05) is 4.47 Å². The summed E-state index contributed by atoms with van der Waals surface area (Å²) in [6.45, 7) is 6.39. The van der Waals surface area contributed by atoms with Gasteiger partial charge in [-0.2, -0.15) is 0 Å². The van der Waals surface area contributed by atoms with Gasteiger partial charge in [-0.3, -0.25) is 14.0 Å². The Bertz CT molecular complexity index is 840. The molecular weight excluding hydrogens is 448 g/mol. The minimum absolute atomic E-state index is 0.0747.